The number of ether oxygens (including phenoxy) is 1. The lowest BCUT2D eigenvalue weighted by molar-refractivity contribution is 0.139. The van der Waals surface area contributed by atoms with Crippen molar-refractivity contribution in [2.75, 3.05) is 7.11 Å². The van der Waals surface area contributed by atoms with Crippen molar-refractivity contribution in [3.8, 4) is 5.75 Å². The molecule has 1 aromatic rings. The molecular weight excluding hydrogens is 214 g/mol. The van der Waals surface area contributed by atoms with E-state index in [-0.39, 0.29) is 0 Å². The summed E-state index contributed by atoms with van der Waals surface area (Å²) in [4.78, 5) is 0. The Hall–Kier alpha value is -0.770. The van der Waals surface area contributed by atoms with Crippen LogP contribution in [0.15, 0.2) is 18.2 Å². The molecule has 0 amide bonds. The normalized spacial score (nSPS) is 14.7. The van der Waals surface area contributed by atoms with Gasteiger partial charge < -0.3 is 15.6 Å². The molecular formula is C11H16ClNO2. The van der Waals surface area contributed by atoms with E-state index in [1.165, 1.54) is 0 Å². The van der Waals surface area contributed by atoms with Crippen LogP contribution in [0.4, 0.5) is 0 Å². The summed E-state index contributed by atoms with van der Waals surface area (Å²) in [6.07, 6.45) is 0.00831. The van der Waals surface area contributed by atoms with Gasteiger partial charge in [0.05, 0.1) is 19.3 Å². The highest BCUT2D eigenvalue weighted by atomic mass is 35.5. The second-order valence-corrected chi connectivity index (χ2v) is 3.82. The van der Waals surface area contributed by atoms with Gasteiger partial charge in [-0.3, -0.25) is 0 Å². The average Bonchev–Trinajstić information content (AvgIpc) is 2.27. The van der Waals surface area contributed by atoms with Gasteiger partial charge in [0.15, 0.2) is 0 Å². The SMILES string of the molecule is CC[C@@H](O)[C@@H](N)c1cc(Cl)ccc1OC. The molecule has 0 aliphatic heterocycles. The molecule has 1 aromatic carbocycles. The number of hydrogen-bond acceptors (Lipinski definition) is 3. The Balaban J connectivity index is 3.05. The lowest BCUT2D eigenvalue weighted by Gasteiger charge is -2.20. The van der Waals surface area contributed by atoms with Gasteiger partial charge in [-0.05, 0) is 24.6 Å². The Morgan fingerprint density at radius 3 is 2.73 bits per heavy atom. The maximum atomic E-state index is 9.67. The first-order valence-electron chi connectivity index (χ1n) is 4.87. The van der Waals surface area contributed by atoms with Gasteiger partial charge in [0.1, 0.15) is 5.75 Å². The molecule has 0 spiro atoms. The van der Waals surface area contributed by atoms with Gasteiger partial charge in [-0.2, -0.15) is 0 Å². The van der Waals surface area contributed by atoms with Crippen LogP contribution in [0, 0.1) is 0 Å². The first-order valence-corrected chi connectivity index (χ1v) is 5.25. The standard InChI is InChI=1S/C11H16ClNO2/c1-3-9(14)11(13)8-6-7(12)4-5-10(8)15-2/h4-6,9,11,14H,3,13H2,1-2H3/t9-,11+/m1/s1. The van der Waals surface area contributed by atoms with Crippen LogP contribution in [0.3, 0.4) is 0 Å². The van der Waals surface area contributed by atoms with Crippen molar-refractivity contribution in [1.82, 2.24) is 0 Å². The Morgan fingerprint density at radius 2 is 2.20 bits per heavy atom. The first-order chi connectivity index (χ1) is 7.10. The number of methoxy groups -OCH3 is 1. The third-order valence-corrected chi connectivity index (χ3v) is 2.62. The number of halogens is 1. The minimum atomic E-state index is -0.586. The van der Waals surface area contributed by atoms with Gasteiger partial charge in [0, 0.05) is 10.6 Å². The minimum Gasteiger partial charge on any atom is -0.496 e. The number of benzene rings is 1. The van der Waals surface area contributed by atoms with E-state index in [9.17, 15) is 5.11 Å². The highest BCUT2D eigenvalue weighted by Gasteiger charge is 2.19. The fraction of sp³-hybridized carbons (Fsp3) is 0.455. The Bertz CT molecular complexity index is 330. The maximum absolute atomic E-state index is 9.67. The lowest BCUT2D eigenvalue weighted by atomic mass is 10.00. The maximum Gasteiger partial charge on any atom is 0.123 e. The van der Waals surface area contributed by atoms with Crippen LogP contribution in [0.25, 0.3) is 0 Å². The molecule has 1 rings (SSSR count). The van der Waals surface area contributed by atoms with Crippen molar-refractivity contribution in [1.29, 1.82) is 0 Å². The largest absolute Gasteiger partial charge is 0.496 e. The molecule has 0 saturated carbocycles. The van der Waals surface area contributed by atoms with Crippen LogP contribution >= 0.6 is 11.6 Å². The highest BCUT2D eigenvalue weighted by molar-refractivity contribution is 6.30. The van der Waals surface area contributed by atoms with E-state index in [4.69, 9.17) is 22.1 Å². The Labute approximate surface area is 94.8 Å². The molecule has 4 heteroatoms. The number of hydrogen-bond donors (Lipinski definition) is 2. The quantitative estimate of drug-likeness (QED) is 0.832. The summed E-state index contributed by atoms with van der Waals surface area (Å²) in [5.41, 5.74) is 6.64. The monoisotopic (exact) mass is 229 g/mol. The highest BCUT2D eigenvalue weighted by Crippen LogP contribution is 2.29. The molecule has 0 saturated heterocycles. The second-order valence-electron chi connectivity index (χ2n) is 3.39. The lowest BCUT2D eigenvalue weighted by Crippen LogP contribution is -2.25. The van der Waals surface area contributed by atoms with Crippen LogP contribution in [-0.4, -0.2) is 18.3 Å². The molecule has 15 heavy (non-hydrogen) atoms. The molecule has 0 aromatic heterocycles. The van der Waals surface area contributed by atoms with Crippen molar-refractivity contribution in [3.05, 3.63) is 28.8 Å². The third-order valence-electron chi connectivity index (χ3n) is 2.38. The van der Waals surface area contributed by atoms with E-state index < -0.39 is 12.1 Å². The molecule has 3 N–H and O–H groups in total. The zero-order chi connectivity index (χ0) is 11.4. The van der Waals surface area contributed by atoms with Crippen molar-refractivity contribution < 1.29 is 9.84 Å². The number of aliphatic hydroxyl groups is 1. The third kappa shape index (κ3) is 2.84. The molecule has 0 radical (unpaired) electrons. The predicted octanol–water partition coefficient (Wildman–Crippen LogP) is 2.12. The zero-order valence-corrected chi connectivity index (χ0v) is 9.66. The van der Waals surface area contributed by atoms with E-state index in [2.05, 4.69) is 0 Å². The summed E-state index contributed by atoms with van der Waals surface area (Å²) < 4.78 is 5.17. The van der Waals surface area contributed by atoms with Crippen LogP contribution in [0.5, 0.6) is 5.75 Å². The summed E-state index contributed by atoms with van der Waals surface area (Å²) >= 11 is 5.87. The van der Waals surface area contributed by atoms with Crippen molar-refractivity contribution >= 4 is 11.6 Å². The number of nitrogens with two attached hydrogens (primary N) is 1. The summed E-state index contributed by atoms with van der Waals surface area (Å²) in [6, 6.07) is 4.74. The van der Waals surface area contributed by atoms with E-state index in [0.717, 1.165) is 5.56 Å². The van der Waals surface area contributed by atoms with E-state index in [1.54, 1.807) is 25.3 Å². The minimum absolute atomic E-state index is 0.469. The zero-order valence-electron chi connectivity index (χ0n) is 8.90. The smallest absolute Gasteiger partial charge is 0.123 e. The molecule has 0 fully saturated rings. The van der Waals surface area contributed by atoms with Gasteiger partial charge in [0.25, 0.3) is 0 Å². The molecule has 2 atom stereocenters. The first kappa shape index (κ1) is 12.3. The summed E-state index contributed by atoms with van der Waals surface area (Å²) in [7, 11) is 1.57. The van der Waals surface area contributed by atoms with Gasteiger partial charge in [0.2, 0.25) is 0 Å². The fourth-order valence-electron chi connectivity index (χ4n) is 1.43. The fourth-order valence-corrected chi connectivity index (χ4v) is 1.61. The molecule has 0 unspecified atom stereocenters. The summed E-state index contributed by atoms with van der Waals surface area (Å²) in [5.74, 6) is 0.652. The number of rotatable bonds is 4. The Morgan fingerprint density at radius 1 is 1.53 bits per heavy atom. The van der Waals surface area contributed by atoms with Crippen molar-refractivity contribution in [2.24, 2.45) is 5.73 Å². The molecule has 0 aliphatic carbocycles. The molecule has 0 heterocycles. The Kier molecular flexibility index (Phi) is 4.39. The predicted molar refractivity (Wildman–Crippen MR) is 61.2 cm³/mol. The van der Waals surface area contributed by atoms with Crippen LogP contribution < -0.4 is 10.5 Å². The van der Waals surface area contributed by atoms with Crippen LogP contribution in [0.2, 0.25) is 5.02 Å². The van der Waals surface area contributed by atoms with E-state index in [1.807, 2.05) is 6.92 Å². The molecule has 3 nitrogen and oxygen atoms in total. The topological polar surface area (TPSA) is 55.5 Å². The van der Waals surface area contributed by atoms with Gasteiger partial charge in [-0.1, -0.05) is 18.5 Å². The second kappa shape index (κ2) is 5.35. The summed E-state index contributed by atoms with van der Waals surface area (Å²) in [5, 5.41) is 10.3. The molecule has 0 aliphatic rings. The van der Waals surface area contributed by atoms with E-state index in [0.29, 0.717) is 17.2 Å². The van der Waals surface area contributed by atoms with Gasteiger partial charge in [-0.15, -0.1) is 0 Å². The average molecular weight is 230 g/mol. The van der Waals surface area contributed by atoms with Gasteiger partial charge in [-0.25, -0.2) is 0 Å². The van der Waals surface area contributed by atoms with Crippen LogP contribution in [-0.2, 0) is 0 Å². The van der Waals surface area contributed by atoms with Crippen LogP contribution in [0.1, 0.15) is 24.9 Å². The van der Waals surface area contributed by atoms with Crippen molar-refractivity contribution in [2.45, 2.75) is 25.5 Å². The molecule has 0 bridgehead atoms. The number of aliphatic hydroxyl groups excluding tert-OH is 1. The van der Waals surface area contributed by atoms with Crippen molar-refractivity contribution in [3.63, 3.8) is 0 Å². The molecule has 84 valence electrons. The van der Waals surface area contributed by atoms with E-state index >= 15 is 0 Å². The summed E-state index contributed by atoms with van der Waals surface area (Å²) in [6.45, 7) is 1.88. The van der Waals surface area contributed by atoms with Gasteiger partial charge >= 0.3 is 0 Å².